The number of hydrogen-bond acceptors (Lipinski definition) is 5. The van der Waals surface area contributed by atoms with Gasteiger partial charge in [-0.1, -0.05) is 0 Å². The SMILES string of the molecule is CN(C(=O)c1ccc(N2CCCC2)c([N+](=O)[O-])c1)C1CCNCC1. The van der Waals surface area contributed by atoms with Crippen molar-refractivity contribution in [3.05, 3.63) is 33.9 Å². The zero-order chi connectivity index (χ0) is 17.1. The van der Waals surface area contributed by atoms with Crippen molar-refractivity contribution in [2.45, 2.75) is 31.7 Å². The van der Waals surface area contributed by atoms with Crippen LogP contribution in [-0.2, 0) is 0 Å². The number of carbonyl (C=O) groups is 1. The zero-order valence-electron chi connectivity index (χ0n) is 14.0. The van der Waals surface area contributed by atoms with Crippen LogP contribution in [0.2, 0.25) is 0 Å². The minimum absolute atomic E-state index is 0.0291. The van der Waals surface area contributed by atoms with Crippen LogP contribution in [0, 0.1) is 10.1 Å². The zero-order valence-corrected chi connectivity index (χ0v) is 14.0. The van der Waals surface area contributed by atoms with E-state index in [2.05, 4.69) is 5.32 Å². The first kappa shape index (κ1) is 16.7. The summed E-state index contributed by atoms with van der Waals surface area (Å²) in [6, 6.07) is 5.08. The van der Waals surface area contributed by atoms with Crippen LogP contribution in [0.25, 0.3) is 0 Å². The van der Waals surface area contributed by atoms with Gasteiger partial charge in [0.25, 0.3) is 11.6 Å². The highest BCUT2D eigenvalue weighted by Gasteiger charge is 2.27. The normalized spacial score (nSPS) is 18.6. The predicted molar refractivity (Wildman–Crippen MR) is 92.5 cm³/mol. The van der Waals surface area contributed by atoms with E-state index in [-0.39, 0.29) is 22.6 Å². The molecule has 0 saturated carbocycles. The highest BCUT2D eigenvalue weighted by Crippen LogP contribution is 2.32. The first-order valence-corrected chi connectivity index (χ1v) is 8.59. The molecule has 1 aromatic rings. The van der Waals surface area contributed by atoms with Gasteiger partial charge in [0, 0.05) is 37.8 Å². The van der Waals surface area contributed by atoms with Crippen molar-refractivity contribution in [1.29, 1.82) is 0 Å². The van der Waals surface area contributed by atoms with Crippen LogP contribution in [0.3, 0.4) is 0 Å². The third-order valence-corrected chi connectivity index (χ3v) is 5.04. The van der Waals surface area contributed by atoms with Crippen LogP contribution < -0.4 is 10.2 Å². The lowest BCUT2D eigenvalue weighted by atomic mass is 10.0. The molecular weight excluding hydrogens is 308 g/mol. The predicted octanol–water partition coefficient (Wildman–Crippen LogP) is 2.02. The van der Waals surface area contributed by atoms with Gasteiger partial charge in [-0.25, -0.2) is 0 Å². The first-order chi connectivity index (χ1) is 11.6. The lowest BCUT2D eigenvalue weighted by Crippen LogP contribution is -2.44. The number of nitro benzene ring substituents is 1. The van der Waals surface area contributed by atoms with Crippen LogP contribution in [0.5, 0.6) is 0 Å². The molecule has 0 bridgehead atoms. The number of nitrogens with one attached hydrogen (secondary N) is 1. The summed E-state index contributed by atoms with van der Waals surface area (Å²) in [5.74, 6) is -0.141. The van der Waals surface area contributed by atoms with E-state index >= 15 is 0 Å². The molecular formula is C17H24N4O3. The molecule has 0 spiro atoms. The fourth-order valence-corrected chi connectivity index (χ4v) is 3.59. The average Bonchev–Trinajstić information content (AvgIpc) is 3.15. The van der Waals surface area contributed by atoms with Crippen LogP contribution in [0.1, 0.15) is 36.0 Å². The molecule has 2 aliphatic rings. The summed E-state index contributed by atoms with van der Waals surface area (Å²) in [5, 5.41) is 14.7. The van der Waals surface area contributed by atoms with Crippen LogP contribution in [0.4, 0.5) is 11.4 Å². The van der Waals surface area contributed by atoms with E-state index in [9.17, 15) is 14.9 Å². The molecule has 3 rings (SSSR count). The fourth-order valence-electron chi connectivity index (χ4n) is 3.59. The Morgan fingerprint density at radius 3 is 2.58 bits per heavy atom. The summed E-state index contributed by atoms with van der Waals surface area (Å²) in [5.41, 5.74) is 1.05. The summed E-state index contributed by atoms with van der Waals surface area (Å²) in [6.45, 7) is 3.47. The lowest BCUT2D eigenvalue weighted by Gasteiger charge is -2.31. The van der Waals surface area contributed by atoms with Gasteiger partial charge in [0.05, 0.1) is 4.92 Å². The molecule has 0 unspecified atom stereocenters. The maximum atomic E-state index is 12.7. The number of hydrogen-bond donors (Lipinski definition) is 1. The van der Waals surface area contributed by atoms with E-state index in [4.69, 9.17) is 0 Å². The Kier molecular flexibility index (Phi) is 4.99. The number of nitrogens with zero attached hydrogens (tertiary/aromatic N) is 3. The molecule has 2 aliphatic heterocycles. The summed E-state index contributed by atoms with van der Waals surface area (Å²) < 4.78 is 0. The van der Waals surface area contributed by atoms with Gasteiger partial charge in [0.2, 0.25) is 0 Å². The molecule has 0 aliphatic carbocycles. The highest BCUT2D eigenvalue weighted by molar-refractivity contribution is 5.95. The summed E-state index contributed by atoms with van der Waals surface area (Å²) >= 11 is 0. The van der Waals surface area contributed by atoms with Gasteiger partial charge >= 0.3 is 0 Å². The van der Waals surface area contributed by atoms with E-state index in [0.29, 0.717) is 11.3 Å². The third-order valence-electron chi connectivity index (χ3n) is 5.04. The minimum Gasteiger partial charge on any atom is -0.366 e. The summed E-state index contributed by atoms with van der Waals surface area (Å²) in [6.07, 6.45) is 3.93. The van der Waals surface area contributed by atoms with Gasteiger partial charge in [-0.15, -0.1) is 0 Å². The van der Waals surface area contributed by atoms with Gasteiger partial charge in [0.1, 0.15) is 5.69 Å². The van der Waals surface area contributed by atoms with E-state index in [1.54, 1.807) is 24.1 Å². The number of anilines is 1. The molecule has 1 amide bonds. The molecule has 0 radical (unpaired) electrons. The second kappa shape index (κ2) is 7.17. The van der Waals surface area contributed by atoms with Crippen molar-refractivity contribution in [2.24, 2.45) is 0 Å². The van der Waals surface area contributed by atoms with Gasteiger partial charge in [-0.3, -0.25) is 14.9 Å². The Labute approximate surface area is 141 Å². The molecule has 130 valence electrons. The number of carbonyl (C=O) groups excluding carboxylic acids is 1. The lowest BCUT2D eigenvalue weighted by molar-refractivity contribution is -0.384. The molecule has 1 N–H and O–H groups in total. The molecule has 7 nitrogen and oxygen atoms in total. The molecule has 2 fully saturated rings. The smallest absolute Gasteiger partial charge is 0.293 e. The van der Waals surface area contributed by atoms with Crippen LogP contribution >= 0.6 is 0 Å². The van der Waals surface area contributed by atoms with Gasteiger partial charge in [-0.2, -0.15) is 0 Å². The minimum atomic E-state index is -0.380. The molecule has 0 atom stereocenters. The quantitative estimate of drug-likeness (QED) is 0.674. The number of piperidine rings is 1. The van der Waals surface area contributed by atoms with Crippen LogP contribution in [-0.4, -0.2) is 55.0 Å². The standard InChI is InChI=1S/C17H24N4O3/c1-19(14-6-8-18-9-7-14)17(22)13-4-5-15(16(12-13)21(23)24)20-10-2-3-11-20/h4-5,12,14,18H,2-3,6-11H2,1H3. The molecule has 2 saturated heterocycles. The highest BCUT2D eigenvalue weighted by atomic mass is 16.6. The Bertz CT molecular complexity index is 622. The van der Waals surface area contributed by atoms with Gasteiger partial charge < -0.3 is 15.1 Å². The molecule has 7 heteroatoms. The molecule has 24 heavy (non-hydrogen) atoms. The number of rotatable bonds is 4. The van der Waals surface area contributed by atoms with Crippen molar-refractivity contribution in [1.82, 2.24) is 10.2 Å². The summed E-state index contributed by atoms with van der Waals surface area (Å²) in [7, 11) is 1.79. The van der Waals surface area contributed by atoms with Crippen LogP contribution in [0.15, 0.2) is 18.2 Å². The number of benzene rings is 1. The van der Waals surface area contributed by atoms with Crippen molar-refractivity contribution < 1.29 is 9.72 Å². The van der Waals surface area contributed by atoms with E-state index in [0.717, 1.165) is 51.9 Å². The number of amides is 1. The average molecular weight is 332 g/mol. The van der Waals surface area contributed by atoms with Crippen molar-refractivity contribution >= 4 is 17.3 Å². The van der Waals surface area contributed by atoms with E-state index in [1.165, 1.54) is 6.07 Å². The van der Waals surface area contributed by atoms with Crippen molar-refractivity contribution in [3.63, 3.8) is 0 Å². The Morgan fingerprint density at radius 2 is 1.96 bits per heavy atom. The molecule has 1 aromatic carbocycles. The first-order valence-electron chi connectivity index (χ1n) is 8.59. The molecule has 2 heterocycles. The van der Waals surface area contributed by atoms with E-state index in [1.807, 2.05) is 4.90 Å². The topological polar surface area (TPSA) is 78.7 Å². The molecule has 0 aromatic heterocycles. The number of nitro groups is 1. The fraction of sp³-hybridized carbons (Fsp3) is 0.588. The van der Waals surface area contributed by atoms with Gasteiger partial charge in [-0.05, 0) is 50.9 Å². The maximum absolute atomic E-state index is 12.7. The third kappa shape index (κ3) is 3.36. The largest absolute Gasteiger partial charge is 0.366 e. The van der Waals surface area contributed by atoms with Crippen molar-refractivity contribution in [2.75, 3.05) is 38.1 Å². The van der Waals surface area contributed by atoms with E-state index < -0.39 is 0 Å². The second-order valence-electron chi connectivity index (χ2n) is 6.55. The summed E-state index contributed by atoms with van der Waals surface area (Å²) in [4.78, 5) is 27.6. The Morgan fingerprint density at radius 1 is 1.29 bits per heavy atom. The Hall–Kier alpha value is -2.15. The van der Waals surface area contributed by atoms with Crippen molar-refractivity contribution in [3.8, 4) is 0 Å². The second-order valence-corrected chi connectivity index (χ2v) is 6.55. The van der Waals surface area contributed by atoms with Gasteiger partial charge in [0.15, 0.2) is 0 Å². The maximum Gasteiger partial charge on any atom is 0.293 e. The Balaban J connectivity index is 1.83. The monoisotopic (exact) mass is 332 g/mol.